The summed E-state index contributed by atoms with van der Waals surface area (Å²) in [5.74, 6) is 0. The summed E-state index contributed by atoms with van der Waals surface area (Å²) in [5.41, 5.74) is -0.131. The fourth-order valence-corrected chi connectivity index (χ4v) is 1.63. The standard InChI is InChI=1S/C11H12ClF3O/c1-7(16)2-3-8-4-5-9(10(12)6-8)11(13,14)15/h4-7,16H,2-3H2,1H3/t7-/m0/s1. The predicted octanol–water partition coefficient (Wildman–Crippen LogP) is 3.67. The van der Waals surface area contributed by atoms with Gasteiger partial charge >= 0.3 is 6.18 Å². The highest BCUT2D eigenvalue weighted by molar-refractivity contribution is 6.31. The van der Waals surface area contributed by atoms with E-state index in [-0.39, 0.29) is 5.02 Å². The minimum atomic E-state index is -4.42. The molecular weight excluding hydrogens is 241 g/mol. The first kappa shape index (κ1) is 13.3. The van der Waals surface area contributed by atoms with Crippen LogP contribution in [0, 0.1) is 0 Å². The Hall–Kier alpha value is -0.740. The summed E-state index contributed by atoms with van der Waals surface area (Å²) in [5, 5.41) is 8.76. The van der Waals surface area contributed by atoms with Gasteiger partial charge in [-0.1, -0.05) is 17.7 Å². The summed E-state index contributed by atoms with van der Waals surface area (Å²) in [6.45, 7) is 1.63. The molecule has 1 atom stereocenters. The van der Waals surface area contributed by atoms with E-state index >= 15 is 0 Å². The molecule has 1 aromatic carbocycles. The van der Waals surface area contributed by atoms with Crippen molar-refractivity contribution in [1.29, 1.82) is 0 Å². The number of aliphatic hydroxyl groups is 1. The Morgan fingerprint density at radius 2 is 2.00 bits per heavy atom. The molecule has 1 N–H and O–H groups in total. The molecule has 1 nitrogen and oxygen atoms in total. The van der Waals surface area contributed by atoms with Crippen LogP contribution in [0.4, 0.5) is 13.2 Å². The van der Waals surface area contributed by atoms with Crippen molar-refractivity contribution < 1.29 is 18.3 Å². The molecule has 0 bridgehead atoms. The quantitative estimate of drug-likeness (QED) is 0.870. The minimum Gasteiger partial charge on any atom is -0.393 e. The number of rotatable bonds is 3. The molecule has 0 aliphatic rings. The lowest BCUT2D eigenvalue weighted by Gasteiger charge is -2.10. The van der Waals surface area contributed by atoms with E-state index in [1.807, 2.05) is 0 Å². The lowest BCUT2D eigenvalue weighted by Crippen LogP contribution is -2.06. The molecule has 0 heterocycles. The molecule has 5 heteroatoms. The summed E-state index contributed by atoms with van der Waals surface area (Å²) in [7, 11) is 0. The highest BCUT2D eigenvalue weighted by atomic mass is 35.5. The zero-order chi connectivity index (χ0) is 12.3. The summed E-state index contributed by atoms with van der Waals surface area (Å²) < 4.78 is 37.1. The third-order valence-corrected chi connectivity index (χ3v) is 2.50. The normalized spacial score (nSPS) is 13.9. The van der Waals surface area contributed by atoms with Crippen LogP contribution in [0.3, 0.4) is 0 Å². The summed E-state index contributed by atoms with van der Waals surface area (Å²) >= 11 is 5.55. The number of hydrogen-bond donors (Lipinski definition) is 1. The van der Waals surface area contributed by atoms with Gasteiger partial charge in [-0.2, -0.15) is 13.2 Å². The van der Waals surface area contributed by atoms with Crippen LogP contribution in [-0.4, -0.2) is 11.2 Å². The van der Waals surface area contributed by atoms with Gasteiger partial charge in [0.2, 0.25) is 0 Å². The van der Waals surface area contributed by atoms with Gasteiger partial charge in [-0.3, -0.25) is 0 Å². The Morgan fingerprint density at radius 3 is 2.44 bits per heavy atom. The van der Waals surface area contributed by atoms with Crippen LogP contribution in [0.1, 0.15) is 24.5 Å². The van der Waals surface area contributed by atoms with Crippen LogP contribution in [0.15, 0.2) is 18.2 Å². The van der Waals surface area contributed by atoms with Gasteiger partial charge in [0.05, 0.1) is 16.7 Å². The maximum Gasteiger partial charge on any atom is 0.417 e. The van der Waals surface area contributed by atoms with Gasteiger partial charge in [0.25, 0.3) is 0 Å². The Labute approximate surface area is 96.9 Å². The van der Waals surface area contributed by atoms with E-state index in [1.54, 1.807) is 6.92 Å². The Morgan fingerprint density at radius 1 is 1.38 bits per heavy atom. The molecule has 0 aliphatic carbocycles. The van der Waals surface area contributed by atoms with Crippen LogP contribution in [0.25, 0.3) is 0 Å². The van der Waals surface area contributed by atoms with Crippen molar-refractivity contribution in [3.8, 4) is 0 Å². The largest absolute Gasteiger partial charge is 0.417 e. The number of benzene rings is 1. The molecule has 0 unspecified atom stereocenters. The molecular formula is C11H12ClF3O. The van der Waals surface area contributed by atoms with Gasteiger partial charge in [0.15, 0.2) is 0 Å². The Balaban J connectivity index is 2.83. The highest BCUT2D eigenvalue weighted by Crippen LogP contribution is 2.35. The van der Waals surface area contributed by atoms with Crippen molar-refractivity contribution in [2.24, 2.45) is 0 Å². The molecule has 0 spiro atoms. The third-order valence-electron chi connectivity index (χ3n) is 2.19. The molecule has 90 valence electrons. The van der Waals surface area contributed by atoms with Gasteiger partial charge in [-0.25, -0.2) is 0 Å². The van der Waals surface area contributed by atoms with E-state index in [2.05, 4.69) is 0 Å². The predicted molar refractivity (Wildman–Crippen MR) is 56.5 cm³/mol. The second-order valence-electron chi connectivity index (χ2n) is 3.70. The summed E-state index contributed by atoms with van der Waals surface area (Å²) in [6, 6.07) is 3.66. The van der Waals surface area contributed by atoms with E-state index in [1.165, 1.54) is 12.1 Å². The van der Waals surface area contributed by atoms with Crippen LogP contribution in [0.5, 0.6) is 0 Å². The molecule has 0 aliphatic heterocycles. The van der Waals surface area contributed by atoms with Crippen molar-refractivity contribution in [2.45, 2.75) is 32.0 Å². The first-order valence-corrected chi connectivity index (χ1v) is 5.22. The SMILES string of the molecule is C[C@H](O)CCc1ccc(C(F)(F)F)c(Cl)c1. The van der Waals surface area contributed by atoms with E-state index in [4.69, 9.17) is 16.7 Å². The van der Waals surface area contributed by atoms with E-state index in [0.29, 0.717) is 18.4 Å². The maximum atomic E-state index is 12.4. The van der Waals surface area contributed by atoms with Crippen molar-refractivity contribution in [3.63, 3.8) is 0 Å². The average Bonchev–Trinajstić information content (AvgIpc) is 2.12. The summed E-state index contributed by atoms with van der Waals surface area (Å²) in [4.78, 5) is 0. The van der Waals surface area contributed by atoms with Crippen molar-refractivity contribution >= 4 is 11.6 Å². The maximum absolute atomic E-state index is 12.4. The molecule has 0 amide bonds. The topological polar surface area (TPSA) is 20.2 Å². The third kappa shape index (κ3) is 3.68. The van der Waals surface area contributed by atoms with Crippen LogP contribution in [0.2, 0.25) is 5.02 Å². The average molecular weight is 253 g/mol. The Kier molecular flexibility index (Phi) is 4.21. The smallest absolute Gasteiger partial charge is 0.393 e. The fraction of sp³-hybridized carbons (Fsp3) is 0.455. The van der Waals surface area contributed by atoms with Gasteiger partial charge in [-0.05, 0) is 37.5 Å². The van der Waals surface area contributed by atoms with Crippen molar-refractivity contribution in [1.82, 2.24) is 0 Å². The molecule has 1 aromatic rings. The number of alkyl halides is 3. The first-order chi connectivity index (χ1) is 7.30. The minimum absolute atomic E-state index is 0.296. The Bertz CT molecular complexity index is 361. The second kappa shape index (κ2) is 5.06. The van der Waals surface area contributed by atoms with E-state index in [0.717, 1.165) is 6.07 Å². The van der Waals surface area contributed by atoms with Gasteiger partial charge < -0.3 is 5.11 Å². The number of halogens is 4. The van der Waals surface area contributed by atoms with Crippen LogP contribution < -0.4 is 0 Å². The summed E-state index contributed by atoms with van der Waals surface area (Å²) in [6.07, 6.45) is -3.88. The highest BCUT2D eigenvalue weighted by Gasteiger charge is 2.32. The molecule has 16 heavy (non-hydrogen) atoms. The van der Waals surface area contributed by atoms with Crippen molar-refractivity contribution in [3.05, 3.63) is 34.3 Å². The van der Waals surface area contributed by atoms with E-state index < -0.39 is 17.8 Å². The zero-order valence-electron chi connectivity index (χ0n) is 8.68. The van der Waals surface area contributed by atoms with Crippen molar-refractivity contribution in [2.75, 3.05) is 0 Å². The van der Waals surface area contributed by atoms with Crippen LogP contribution >= 0.6 is 11.6 Å². The lowest BCUT2D eigenvalue weighted by molar-refractivity contribution is -0.137. The number of aryl methyl sites for hydroxylation is 1. The monoisotopic (exact) mass is 252 g/mol. The first-order valence-electron chi connectivity index (χ1n) is 4.84. The molecule has 0 saturated carbocycles. The number of aliphatic hydroxyl groups excluding tert-OH is 1. The van der Waals surface area contributed by atoms with Gasteiger partial charge in [0.1, 0.15) is 0 Å². The molecule has 0 radical (unpaired) electrons. The fourth-order valence-electron chi connectivity index (χ4n) is 1.32. The second-order valence-corrected chi connectivity index (χ2v) is 4.11. The molecule has 0 saturated heterocycles. The van der Waals surface area contributed by atoms with Gasteiger partial charge in [-0.15, -0.1) is 0 Å². The number of hydrogen-bond acceptors (Lipinski definition) is 1. The molecule has 0 aromatic heterocycles. The molecule has 0 fully saturated rings. The molecule has 1 rings (SSSR count). The van der Waals surface area contributed by atoms with Crippen LogP contribution in [-0.2, 0) is 12.6 Å². The van der Waals surface area contributed by atoms with Gasteiger partial charge in [0, 0.05) is 0 Å². The van der Waals surface area contributed by atoms with E-state index in [9.17, 15) is 13.2 Å². The lowest BCUT2D eigenvalue weighted by atomic mass is 10.1. The zero-order valence-corrected chi connectivity index (χ0v) is 9.44.